The number of furan rings is 1. The summed E-state index contributed by atoms with van der Waals surface area (Å²) in [6.45, 7) is 32.5. The molecule has 2 aromatic heterocycles. The number of para-hydroxylation sites is 3. The molecular weight excluding hydrogens is 922 g/mol. The Balaban J connectivity index is 1.13. The summed E-state index contributed by atoms with van der Waals surface area (Å²) in [4.78, 5) is 5.30. The predicted molar refractivity (Wildman–Crippen MR) is 327 cm³/mol. The zero-order chi connectivity index (χ0) is 53.1. The molecule has 376 valence electrons. The fraction of sp³-hybridized carbons (Fsp3) is 0.239. The Labute approximate surface area is 449 Å². The Morgan fingerprint density at radius 3 is 1.61 bits per heavy atom. The summed E-state index contributed by atoms with van der Waals surface area (Å²) in [5.41, 5.74) is 29.2. The minimum Gasteiger partial charge on any atom is -0.455 e. The van der Waals surface area contributed by atoms with Crippen molar-refractivity contribution in [2.45, 2.75) is 113 Å². The zero-order valence-corrected chi connectivity index (χ0v) is 46.8. The van der Waals surface area contributed by atoms with E-state index in [1.165, 1.54) is 117 Å². The maximum Gasteiger partial charge on any atom is 0.252 e. The van der Waals surface area contributed by atoms with E-state index in [4.69, 9.17) is 4.42 Å². The van der Waals surface area contributed by atoms with Crippen LogP contribution in [0.2, 0.25) is 0 Å². The monoisotopic (exact) mass is 990 g/mol. The molecule has 4 nitrogen and oxygen atoms in total. The van der Waals surface area contributed by atoms with E-state index in [1.807, 2.05) is 0 Å². The molecule has 2 aliphatic rings. The van der Waals surface area contributed by atoms with E-state index < -0.39 is 0 Å². The average molecular weight is 990 g/mol. The first-order valence-corrected chi connectivity index (χ1v) is 27.4. The SMILES string of the molecule is Cc1cc2c3c(c1)N(c1c(C)cc(C(C)(C)C)cc1C)c1cc4c(cc1B3c1ccc(C(C)(C)C)cc1N2c1c(C)cc(-c2cccc3c2oc2ccccc23)cc1C)c1cc(C(C)(C)C)ccc1n4-c1ccccc1. The van der Waals surface area contributed by atoms with Crippen LogP contribution in [0.3, 0.4) is 0 Å². The van der Waals surface area contributed by atoms with Crippen molar-refractivity contribution >= 4 is 101 Å². The van der Waals surface area contributed by atoms with Gasteiger partial charge in [-0.1, -0.05) is 153 Å². The Morgan fingerprint density at radius 2 is 0.961 bits per heavy atom. The molecule has 0 saturated carbocycles. The molecule has 0 saturated heterocycles. The lowest BCUT2D eigenvalue weighted by atomic mass is 9.33. The van der Waals surface area contributed by atoms with E-state index in [2.05, 4.69) is 269 Å². The highest BCUT2D eigenvalue weighted by Crippen LogP contribution is 2.51. The molecule has 11 aromatic rings. The molecular formula is C71H68BN3O. The van der Waals surface area contributed by atoms with E-state index in [9.17, 15) is 0 Å². The molecule has 76 heavy (non-hydrogen) atoms. The van der Waals surface area contributed by atoms with Crippen LogP contribution in [-0.4, -0.2) is 11.3 Å². The number of rotatable bonds is 4. The van der Waals surface area contributed by atoms with Gasteiger partial charge in [0.15, 0.2) is 0 Å². The van der Waals surface area contributed by atoms with Gasteiger partial charge in [0.2, 0.25) is 0 Å². The Hall–Kier alpha value is -7.76. The summed E-state index contributed by atoms with van der Waals surface area (Å²) in [6.07, 6.45) is 0. The van der Waals surface area contributed by atoms with E-state index in [1.54, 1.807) is 0 Å². The molecule has 0 N–H and O–H groups in total. The standard InChI is InChI=1S/C71H68BN3O/c1-41-31-62-65-63(32-41)75(67-44(4)35-49(36-45(67)5)71(12,13)14)61-40-59-55(54-37-47(69(6,7)8)28-30-58(54)73(59)50-21-16-15-17-22-50)39-57(61)72(65)56-29-27-48(70(9,10)11)38-60(56)74(62)66-42(2)33-46(34-43(66)3)51-24-20-25-53-52-23-18-19-26-64(52)76-68(51)53/h15-40H,1-14H3. The predicted octanol–water partition coefficient (Wildman–Crippen LogP) is 17.9. The van der Waals surface area contributed by atoms with Gasteiger partial charge in [0.05, 0.1) is 22.4 Å². The molecule has 13 rings (SSSR count). The van der Waals surface area contributed by atoms with Crippen LogP contribution in [0.5, 0.6) is 0 Å². The summed E-state index contributed by atoms with van der Waals surface area (Å²) >= 11 is 0. The first kappa shape index (κ1) is 47.9. The van der Waals surface area contributed by atoms with E-state index in [0.717, 1.165) is 38.8 Å². The van der Waals surface area contributed by atoms with Gasteiger partial charge >= 0.3 is 0 Å². The zero-order valence-electron chi connectivity index (χ0n) is 46.8. The van der Waals surface area contributed by atoms with Crippen molar-refractivity contribution in [1.29, 1.82) is 0 Å². The lowest BCUT2D eigenvalue weighted by Gasteiger charge is -2.46. The second-order valence-electron chi connectivity index (χ2n) is 25.4. The molecule has 0 aliphatic carbocycles. The second-order valence-corrected chi connectivity index (χ2v) is 25.4. The maximum atomic E-state index is 6.65. The lowest BCUT2D eigenvalue weighted by molar-refractivity contribution is 0.589. The molecule has 0 bridgehead atoms. The number of aryl methyl sites for hydroxylation is 5. The summed E-state index contributed by atoms with van der Waals surface area (Å²) in [5, 5.41) is 4.84. The number of nitrogens with zero attached hydrogens (tertiary/aromatic N) is 3. The number of benzene rings is 9. The minimum atomic E-state index is -0.0797. The van der Waals surface area contributed by atoms with Crippen molar-refractivity contribution in [3.8, 4) is 16.8 Å². The van der Waals surface area contributed by atoms with Crippen LogP contribution in [0.1, 0.15) is 107 Å². The first-order valence-electron chi connectivity index (χ1n) is 27.4. The van der Waals surface area contributed by atoms with Crippen LogP contribution in [0.25, 0.3) is 60.6 Å². The highest BCUT2D eigenvalue weighted by Gasteiger charge is 2.45. The van der Waals surface area contributed by atoms with Crippen LogP contribution in [-0.2, 0) is 16.2 Å². The molecule has 0 unspecified atom stereocenters. The van der Waals surface area contributed by atoms with E-state index in [0.29, 0.717) is 0 Å². The molecule has 0 amide bonds. The summed E-state index contributed by atoms with van der Waals surface area (Å²) < 4.78 is 9.16. The lowest BCUT2D eigenvalue weighted by Crippen LogP contribution is -2.61. The van der Waals surface area contributed by atoms with Gasteiger partial charge in [0, 0.05) is 55.5 Å². The number of aromatic nitrogens is 1. The maximum absolute atomic E-state index is 6.65. The van der Waals surface area contributed by atoms with Crippen molar-refractivity contribution in [3.05, 3.63) is 202 Å². The second kappa shape index (κ2) is 16.6. The molecule has 9 aromatic carbocycles. The van der Waals surface area contributed by atoms with E-state index in [-0.39, 0.29) is 23.0 Å². The third-order valence-electron chi connectivity index (χ3n) is 16.9. The molecule has 2 aliphatic heterocycles. The number of fused-ring (bicyclic) bond motifs is 10. The smallest absolute Gasteiger partial charge is 0.252 e. The summed E-state index contributed by atoms with van der Waals surface area (Å²) in [6, 6.07) is 60.3. The fourth-order valence-electron chi connectivity index (χ4n) is 13.1. The minimum absolute atomic E-state index is 0.00386. The first-order chi connectivity index (χ1) is 36.2. The van der Waals surface area contributed by atoms with Crippen molar-refractivity contribution in [3.63, 3.8) is 0 Å². The average Bonchev–Trinajstić information content (AvgIpc) is 4.02. The van der Waals surface area contributed by atoms with Crippen molar-refractivity contribution in [1.82, 2.24) is 4.57 Å². The number of hydrogen-bond acceptors (Lipinski definition) is 3. The molecule has 0 fully saturated rings. The van der Waals surface area contributed by atoms with Crippen LogP contribution < -0.4 is 26.2 Å². The van der Waals surface area contributed by atoms with Crippen LogP contribution in [0.15, 0.2) is 162 Å². The van der Waals surface area contributed by atoms with Crippen molar-refractivity contribution in [2.75, 3.05) is 9.80 Å². The number of anilines is 6. The largest absolute Gasteiger partial charge is 0.455 e. The van der Waals surface area contributed by atoms with Gasteiger partial charge in [0.25, 0.3) is 6.71 Å². The van der Waals surface area contributed by atoms with Gasteiger partial charge in [0.1, 0.15) is 11.2 Å². The van der Waals surface area contributed by atoms with Crippen molar-refractivity contribution in [2.24, 2.45) is 0 Å². The van der Waals surface area contributed by atoms with Gasteiger partial charge in [-0.05, 0) is 184 Å². The topological polar surface area (TPSA) is 24.6 Å². The van der Waals surface area contributed by atoms with Gasteiger partial charge in [-0.25, -0.2) is 0 Å². The Morgan fingerprint density at radius 1 is 0.408 bits per heavy atom. The van der Waals surface area contributed by atoms with Crippen LogP contribution >= 0.6 is 0 Å². The van der Waals surface area contributed by atoms with Gasteiger partial charge < -0.3 is 18.8 Å². The summed E-state index contributed by atoms with van der Waals surface area (Å²) in [7, 11) is 0. The summed E-state index contributed by atoms with van der Waals surface area (Å²) in [5.74, 6) is 0. The third kappa shape index (κ3) is 7.25. The molecule has 0 radical (unpaired) electrons. The van der Waals surface area contributed by atoms with E-state index >= 15 is 0 Å². The molecule has 4 heterocycles. The van der Waals surface area contributed by atoms with Gasteiger partial charge in [-0.2, -0.15) is 0 Å². The van der Waals surface area contributed by atoms with Crippen molar-refractivity contribution < 1.29 is 4.42 Å². The molecule has 0 atom stereocenters. The molecule has 0 spiro atoms. The highest BCUT2D eigenvalue weighted by atomic mass is 16.3. The normalized spacial score (nSPS) is 13.6. The third-order valence-corrected chi connectivity index (χ3v) is 16.9. The van der Waals surface area contributed by atoms with Crippen LogP contribution in [0, 0.1) is 34.6 Å². The highest BCUT2D eigenvalue weighted by molar-refractivity contribution is 7.00. The fourth-order valence-corrected chi connectivity index (χ4v) is 13.1. The number of hydrogen-bond donors (Lipinski definition) is 0. The van der Waals surface area contributed by atoms with Crippen LogP contribution in [0.4, 0.5) is 34.1 Å². The Bertz CT molecular complexity index is 4200. The van der Waals surface area contributed by atoms with Gasteiger partial charge in [-0.3, -0.25) is 0 Å². The van der Waals surface area contributed by atoms with Gasteiger partial charge in [-0.15, -0.1) is 0 Å². The Kier molecular flexibility index (Phi) is 10.5. The quantitative estimate of drug-likeness (QED) is 0.164. The molecule has 5 heteroatoms.